The van der Waals surface area contributed by atoms with Crippen molar-refractivity contribution in [2.24, 2.45) is 11.7 Å². The Hall–Kier alpha value is -1.12. The lowest BCUT2D eigenvalue weighted by molar-refractivity contribution is 0.523. The molecule has 1 aliphatic carbocycles. The highest BCUT2D eigenvalue weighted by atomic mass is 32.2. The van der Waals surface area contributed by atoms with Crippen molar-refractivity contribution in [1.82, 2.24) is 9.71 Å². The molecule has 0 aliphatic heterocycles. The van der Waals surface area contributed by atoms with Gasteiger partial charge in [-0.05, 0) is 18.9 Å². The Balaban J connectivity index is 2.20. The molecule has 1 aromatic heterocycles. The zero-order valence-electron chi connectivity index (χ0n) is 10.0. The Kier molecular flexibility index (Phi) is 4.12. The highest BCUT2D eigenvalue weighted by Crippen LogP contribution is 2.27. The number of nitrogens with one attached hydrogen (secondary N) is 1. The van der Waals surface area contributed by atoms with Crippen LogP contribution < -0.4 is 10.5 Å². The van der Waals surface area contributed by atoms with E-state index in [1.54, 1.807) is 0 Å². The molecule has 0 bridgehead atoms. The molecule has 1 fully saturated rings. The van der Waals surface area contributed by atoms with Gasteiger partial charge in [-0.1, -0.05) is 18.6 Å². The van der Waals surface area contributed by atoms with Gasteiger partial charge in [-0.3, -0.25) is 4.98 Å². The van der Waals surface area contributed by atoms with Crippen LogP contribution in [0, 0.1) is 11.7 Å². The lowest BCUT2D eigenvalue weighted by Gasteiger charge is -2.19. The summed E-state index contributed by atoms with van der Waals surface area (Å²) in [7, 11) is -3.80. The number of halogens is 1. The molecule has 1 aromatic rings. The van der Waals surface area contributed by atoms with Gasteiger partial charge < -0.3 is 5.73 Å². The minimum atomic E-state index is -3.80. The van der Waals surface area contributed by atoms with Crippen LogP contribution in [0.15, 0.2) is 23.4 Å². The molecule has 0 saturated heterocycles. The van der Waals surface area contributed by atoms with Gasteiger partial charge in [-0.15, -0.1) is 0 Å². The standard InChI is InChI=1S/C11H14FN3O2S2/c12-7-4-8(6-14-5-7)19(16,17)15-10-3-1-2-9(10)11(13)18/h4-6,9-10,15H,1-3H2,(H2,13,18). The lowest BCUT2D eigenvalue weighted by atomic mass is 10.1. The molecule has 2 rings (SSSR count). The first-order valence-corrected chi connectivity index (χ1v) is 7.71. The summed E-state index contributed by atoms with van der Waals surface area (Å²) in [5.41, 5.74) is 5.59. The molecule has 1 heterocycles. The first kappa shape index (κ1) is 14.3. The van der Waals surface area contributed by atoms with Crippen LogP contribution in [0.4, 0.5) is 4.39 Å². The fourth-order valence-electron chi connectivity index (χ4n) is 2.25. The number of thiocarbonyl (C=S) groups is 1. The highest BCUT2D eigenvalue weighted by molar-refractivity contribution is 7.89. The molecule has 19 heavy (non-hydrogen) atoms. The number of aromatic nitrogens is 1. The van der Waals surface area contributed by atoms with Crippen molar-refractivity contribution >= 4 is 27.2 Å². The molecule has 1 aliphatic rings. The SMILES string of the molecule is NC(=S)C1CCCC1NS(=O)(=O)c1cncc(F)c1. The second kappa shape index (κ2) is 5.48. The Morgan fingerprint density at radius 2 is 2.21 bits per heavy atom. The first-order chi connectivity index (χ1) is 8.90. The van der Waals surface area contributed by atoms with Gasteiger partial charge in [0.15, 0.2) is 0 Å². The summed E-state index contributed by atoms with van der Waals surface area (Å²) in [4.78, 5) is 3.65. The summed E-state index contributed by atoms with van der Waals surface area (Å²) in [6.07, 6.45) is 4.35. The Labute approximate surface area is 116 Å². The average molecular weight is 303 g/mol. The smallest absolute Gasteiger partial charge is 0.242 e. The molecular formula is C11H14FN3O2S2. The Morgan fingerprint density at radius 3 is 2.84 bits per heavy atom. The van der Waals surface area contributed by atoms with Crippen LogP contribution in [0.2, 0.25) is 0 Å². The number of sulfonamides is 1. The van der Waals surface area contributed by atoms with E-state index < -0.39 is 15.8 Å². The normalized spacial score (nSPS) is 23.4. The van der Waals surface area contributed by atoms with Crippen LogP contribution >= 0.6 is 12.2 Å². The van der Waals surface area contributed by atoms with Crippen molar-refractivity contribution in [2.45, 2.75) is 30.2 Å². The molecule has 0 aromatic carbocycles. The largest absolute Gasteiger partial charge is 0.393 e. The summed E-state index contributed by atoms with van der Waals surface area (Å²) in [5, 5.41) is 0. The van der Waals surface area contributed by atoms with Crippen molar-refractivity contribution < 1.29 is 12.8 Å². The molecule has 1 saturated carbocycles. The molecule has 0 amide bonds. The van der Waals surface area contributed by atoms with E-state index in [1.165, 1.54) is 0 Å². The highest BCUT2D eigenvalue weighted by Gasteiger charge is 2.33. The minimum Gasteiger partial charge on any atom is -0.393 e. The average Bonchev–Trinajstić information content (AvgIpc) is 2.76. The maximum atomic E-state index is 13.0. The van der Waals surface area contributed by atoms with Crippen LogP contribution in [0.25, 0.3) is 0 Å². The van der Waals surface area contributed by atoms with Crippen LogP contribution in [0.5, 0.6) is 0 Å². The predicted molar refractivity (Wildman–Crippen MR) is 72.4 cm³/mol. The molecule has 0 spiro atoms. The number of nitrogens with zero attached hydrogens (tertiary/aromatic N) is 1. The lowest BCUT2D eigenvalue weighted by Crippen LogP contribution is -2.41. The van der Waals surface area contributed by atoms with E-state index >= 15 is 0 Å². The first-order valence-electron chi connectivity index (χ1n) is 5.82. The van der Waals surface area contributed by atoms with Crippen molar-refractivity contribution in [3.63, 3.8) is 0 Å². The number of hydrogen-bond donors (Lipinski definition) is 2. The van der Waals surface area contributed by atoms with Gasteiger partial charge in [0, 0.05) is 18.2 Å². The van der Waals surface area contributed by atoms with Crippen LogP contribution in [0.1, 0.15) is 19.3 Å². The molecule has 0 radical (unpaired) electrons. The molecule has 104 valence electrons. The van der Waals surface area contributed by atoms with E-state index in [0.29, 0.717) is 11.4 Å². The van der Waals surface area contributed by atoms with Gasteiger partial charge in [0.1, 0.15) is 10.7 Å². The van der Waals surface area contributed by atoms with Gasteiger partial charge in [0.25, 0.3) is 0 Å². The maximum Gasteiger partial charge on any atom is 0.242 e. The Morgan fingerprint density at radius 1 is 1.47 bits per heavy atom. The predicted octanol–water partition coefficient (Wildman–Crippen LogP) is 0.954. The summed E-state index contributed by atoms with van der Waals surface area (Å²) in [6.45, 7) is 0. The molecule has 3 N–H and O–H groups in total. The third-order valence-corrected chi connectivity index (χ3v) is 4.94. The number of nitrogens with two attached hydrogens (primary N) is 1. The van der Waals surface area contributed by atoms with E-state index in [1.807, 2.05) is 0 Å². The minimum absolute atomic E-state index is 0.147. The molecule has 8 heteroatoms. The van der Waals surface area contributed by atoms with Crippen molar-refractivity contribution in [3.05, 3.63) is 24.3 Å². The topological polar surface area (TPSA) is 85.1 Å². The van der Waals surface area contributed by atoms with E-state index in [-0.39, 0.29) is 16.9 Å². The van der Waals surface area contributed by atoms with E-state index in [2.05, 4.69) is 9.71 Å². The fraction of sp³-hybridized carbons (Fsp3) is 0.455. The zero-order chi connectivity index (χ0) is 14.0. The van der Waals surface area contributed by atoms with Gasteiger partial charge in [-0.25, -0.2) is 17.5 Å². The van der Waals surface area contributed by atoms with Gasteiger partial charge in [0.2, 0.25) is 10.0 Å². The van der Waals surface area contributed by atoms with E-state index in [4.69, 9.17) is 18.0 Å². The third-order valence-electron chi connectivity index (χ3n) is 3.18. The molecule has 2 unspecified atom stereocenters. The number of rotatable bonds is 4. The van der Waals surface area contributed by atoms with Crippen LogP contribution in [0.3, 0.4) is 0 Å². The van der Waals surface area contributed by atoms with Gasteiger partial charge >= 0.3 is 0 Å². The molecule has 5 nitrogen and oxygen atoms in total. The van der Waals surface area contributed by atoms with Gasteiger partial charge in [0.05, 0.1) is 11.2 Å². The van der Waals surface area contributed by atoms with Gasteiger partial charge in [-0.2, -0.15) is 0 Å². The molecule has 2 atom stereocenters. The van der Waals surface area contributed by atoms with Crippen LogP contribution in [-0.4, -0.2) is 24.4 Å². The monoisotopic (exact) mass is 303 g/mol. The van der Waals surface area contributed by atoms with Crippen molar-refractivity contribution in [1.29, 1.82) is 0 Å². The zero-order valence-corrected chi connectivity index (χ0v) is 11.7. The van der Waals surface area contributed by atoms with Crippen LogP contribution in [-0.2, 0) is 10.0 Å². The second-order valence-corrected chi connectivity index (χ2v) is 6.69. The van der Waals surface area contributed by atoms with Crippen molar-refractivity contribution in [2.75, 3.05) is 0 Å². The second-order valence-electron chi connectivity index (χ2n) is 4.51. The summed E-state index contributed by atoms with van der Waals surface area (Å²) in [5.74, 6) is -0.841. The summed E-state index contributed by atoms with van der Waals surface area (Å²) >= 11 is 4.93. The third kappa shape index (κ3) is 3.26. The maximum absolute atomic E-state index is 13.0. The molecular weight excluding hydrogens is 289 g/mol. The summed E-state index contributed by atoms with van der Waals surface area (Å²) < 4.78 is 39.8. The van der Waals surface area contributed by atoms with E-state index in [0.717, 1.165) is 31.3 Å². The number of hydrogen-bond acceptors (Lipinski definition) is 4. The fourth-order valence-corrected chi connectivity index (χ4v) is 3.81. The quantitative estimate of drug-likeness (QED) is 0.809. The number of pyridine rings is 1. The van der Waals surface area contributed by atoms with E-state index in [9.17, 15) is 12.8 Å². The Bertz CT molecular complexity index is 591. The summed E-state index contributed by atoms with van der Waals surface area (Å²) in [6, 6.07) is 0.603. The van der Waals surface area contributed by atoms with Crippen molar-refractivity contribution in [3.8, 4) is 0 Å².